The first-order chi connectivity index (χ1) is 9.70. The Kier molecular flexibility index (Phi) is 5.77. The molecule has 0 amide bonds. The van der Waals surface area contributed by atoms with Crippen LogP contribution in [0.4, 0.5) is 0 Å². The molecule has 2 rings (SSSR count). The van der Waals surface area contributed by atoms with Gasteiger partial charge in [-0.05, 0) is 38.6 Å². The van der Waals surface area contributed by atoms with E-state index in [2.05, 4.69) is 17.2 Å². The van der Waals surface area contributed by atoms with E-state index in [1.165, 1.54) is 32.1 Å². The molecule has 0 aromatic carbocycles. The predicted octanol–water partition coefficient (Wildman–Crippen LogP) is 2.50. The molecule has 1 atom stereocenters. The SMILES string of the molecule is CCCNC(Cn1cnc(C)cc1=O)C1CCCCC1. The van der Waals surface area contributed by atoms with E-state index in [1.807, 2.05) is 6.92 Å². The maximum absolute atomic E-state index is 12.0. The molecule has 4 heteroatoms. The molecule has 1 fully saturated rings. The van der Waals surface area contributed by atoms with Crippen molar-refractivity contribution < 1.29 is 0 Å². The van der Waals surface area contributed by atoms with Crippen molar-refractivity contribution >= 4 is 0 Å². The number of hydrogen-bond donors (Lipinski definition) is 1. The van der Waals surface area contributed by atoms with Crippen molar-refractivity contribution in [3.8, 4) is 0 Å². The molecule has 0 aliphatic heterocycles. The summed E-state index contributed by atoms with van der Waals surface area (Å²) in [4.78, 5) is 16.3. The average molecular weight is 277 g/mol. The molecule has 112 valence electrons. The van der Waals surface area contributed by atoms with Gasteiger partial charge in [-0.3, -0.25) is 9.36 Å². The van der Waals surface area contributed by atoms with Gasteiger partial charge in [-0.25, -0.2) is 4.98 Å². The van der Waals surface area contributed by atoms with E-state index >= 15 is 0 Å². The summed E-state index contributed by atoms with van der Waals surface area (Å²) in [6.45, 7) is 5.82. The molecule has 0 saturated heterocycles. The lowest BCUT2D eigenvalue weighted by atomic mass is 9.83. The maximum Gasteiger partial charge on any atom is 0.253 e. The number of nitrogens with one attached hydrogen (secondary N) is 1. The number of rotatable bonds is 6. The lowest BCUT2D eigenvalue weighted by molar-refractivity contribution is 0.246. The molecule has 1 saturated carbocycles. The maximum atomic E-state index is 12.0. The topological polar surface area (TPSA) is 46.9 Å². The first-order valence-corrected chi connectivity index (χ1v) is 7.97. The van der Waals surface area contributed by atoms with Crippen molar-refractivity contribution in [2.45, 2.75) is 65.0 Å². The highest BCUT2D eigenvalue weighted by molar-refractivity contribution is 4.96. The van der Waals surface area contributed by atoms with Crippen molar-refractivity contribution in [1.82, 2.24) is 14.9 Å². The highest BCUT2D eigenvalue weighted by atomic mass is 16.1. The molecule has 1 unspecified atom stereocenters. The van der Waals surface area contributed by atoms with Gasteiger partial charge in [-0.2, -0.15) is 0 Å². The molecule has 0 spiro atoms. The molecular formula is C16H27N3O. The van der Waals surface area contributed by atoms with Gasteiger partial charge in [-0.15, -0.1) is 0 Å². The summed E-state index contributed by atoms with van der Waals surface area (Å²) >= 11 is 0. The summed E-state index contributed by atoms with van der Waals surface area (Å²) in [6, 6.07) is 2.02. The van der Waals surface area contributed by atoms with E-state index in [4.69, 9.17) is 0 Å². The lowest BCUT2D eigenvalue weighted by Crippen LogP contribution is -2.43. The highest BCUT2D eigenvalue weighted by Crippen LogP contribution is 2.27. The Bertz CT molecular complexity index is 463. The Balaban J connectivity index is 2.07. The van der Waals surface area contributed by atoms with Crippen molar-refractivity contribution in [2.24, 2.45) is 5.92 Å². The first kappa shape index (κ1) is 15.2. The van der Waals surface area contributed by atoms with E-state index < -0.39 is 0 Å². The standard InChI is InChI=1S/C16H27N3O/c1-3-9-17-15(14-7-5-4-6-8-14)11-19-12-18-13(2)10-16(19)20/h10,12,14-15,17H,3-9,11H2,1-2H3. The van der Waals surface area contributed by atoms with Gasteiger partial charge in [-0.1, -0.05) is 26.2 Å². The van der Waals surface area contributed by atoms with Gasteiger partial charge >= 0.3 is 0 Å². The molecule has 0 bridgehead atoms. The van der Waals surface area contributed by atoms with Crippen molar-refractivity contribution in [2.75, 3.05) is 6.54 Å². The third-order valence-corrected chi connectivity index (χ3v) is 4.28. The highest BCUT2D eigenvalue weighted by Gasteiger charge is 2.23. The van der Waals surface area contributed by atoms with Crippen molar-refractivity contribution in [3.63, 3.8) is 0 Å². The summed E-state index contributed by atoms with van der Waals surface area (Å²) in [5, 5.41) is 3.64. The fourth-order valence-corrected chi connectivity index (χ4v) is 3.11. The predicted molar refractivity (Wildman–Crippen MR) is 81.9 cm³/mol. The normalized spacial score (nSPS) is 18.1. The van der Waals surface area contributed by atoms with Crippen molar-refractivity contribution in [1.29, 1.82) is 0 Å². The Morgan fingerprint density at radius 2 is 2.15 bits per heavy atom. The van der Waals surface area contributed by atoms with Gasteiger partial charge < -0.3 is 5.32 Å². The average Bonchev–Trinajstić information content (AvgIpc) is 2.46. The Labute approximate surface area is 121 Å². The van der Waals surface area contributed by atoms with Gasteiger partial charge in [0.25, 0.3) is 5.56 Å². The number of aromatic nitrogens is 2. The van der Waals surface area contributed by atoms with Crippen LogP contribution in [0.25, 0.3) is 0 Å². The summed E-state index contributed by atoms with van der Waals surface area (Å²) < 4.78 is 1.76. The van der Waals surface area contributed by atoms with Gasteiger partial charge in [0.05, 0.1) is 6.33 Å². The van der Waals surface area contributed by atoms with E-state index in [9.17, 15) is 4.79 Å². The van der Waals surface area contributed by atoms with Gasteiger partial charge in [0.2, 0.25) is 0 Å². The van der Waals surface area contributed by atoms with Crippen LogP contribution in [0, 0.1) is 12.8 Å². The van der Waals surface area contributed by atoms with Gasteiger partial charge in [0.15, 0.2) is 0 Å². The Morgan fingerprint density at radius 3 is 2.80 bits per heavy atom. The van der Waals surface area contributed by atoms with Gasteiger partial charge in [0.1, 0.15) is 0 Å². The van der Waals surface area contributed by atoms with Crippen LogP contribution in [0.1, 0.15) is 51.1 Å². The van der Waals surface area contributed by atoms with E-state index in [1.54, 1.807) is 17.0 Å². The van der Waals surface area contributed by atoms with Crippen LogP contribution in [0.15, 0.2) is 17.2 Å². The van der Waals surface area contributed by atoms with E-state index in [0.29, 0.717) is 12.0 Å². The van der Waals surface area contributed by atoms with Crippen LogP contribution >= 0.6 is 0 Å². The summed E-state index contributed by atoms with van der Waals surface area (Å²) in [5.74, 6) is 0.698. The number of nitrogens with zero attached hydrogens (tertiary/aromatic N) is 2. The molecule has 1 aromatic rings. The van der Waals surface area contributed by atoms with Crippen LogP contribution in [0.3, 0.4) is 0 Å². The van der Waals surface area contributed by atoms with Crippen LogP contribution in [-0.2, 0) is 6.54 Å². The second-order valence-corrected chi connectivity index (χ2v) is 5.98. The van der Waals surface area contributed by atoms with Crippen LogP contribution < -0.4 is 10.9 Å². The third kappa shape index (κ3) is 4.17. The Hall–Kier alpha value is -1.16. The zero-order valence-electron chi connectivity index (χ0n) is 12.8. The molecule has 1 aliphatic rings. The van der Waals surface area contributed by atoms with Gasteiger partial charge in [0, 0.05) is 24.3 Å². The Morgan fingerprint density at radius 1 is 1.40 bits per heavy atom. The lowest BCUT2D eigenvalue weighted by Gasteiger charge is -2.31. The minimum Gasteiger partial charge on any atom is -0.312 e. The van der Waals surface area contributed by atoms with E-state index in [0.717, 1.165) is 25.2 Å². The molecule has 1 aliphatic carbocycles. The molecule has 0 radical (unpaired) electrons. The second kappa shape index (κ2) is 7.58. The number of hydrogen-bond acceptors (Lipinski definition) is 3. The fourth-order valence-electron chi connectivity index (χ4n) is 3.11. The van der Waals surface area contributed by atoms with E-state index in [-0.39, 0.29) is 5.56 Å². The number of aryl methyl sites for hydroxylation is 1. The monoisotopic (exact) mass is 277 g/mol. The largest absolute Gasteiger partial charge is 0.312 e. The zero-order chi connectivity index (χ0) is 14.4. The first-order valence-electron chi connectivity index (χ1n) is 7.97. The molecule has 4 nitrogen and oxygen atoms in total. The van der Waals surface area contributed by atoms with Crippen LogP contribution in [0.2, 0.25) is 0 Å². The summed E-state index contributed by atoms with van der Waals surface area (Å²) in [7, 11) is 0. The molecule has 1 heterocycles. The third-order valence-electron chi connectivity index (χ3n) is 4.28. The summed E-state index contributed by atoms with van der Waals surface area (Å²) in [6.07, 6.45) is 9.42. The zero-order valence-corrected chi connectivity index (χ0v) is 12.8. The molecule has 1 aromatic heterocycles. The smallest absolute Gasteiger partial charge is 0.253 e. The quantitative estimate of drug-likeness (QED) is 0.869. The van der Waals surface area contributed by atoms with Crippen molar-refractivity contribution in [3.05, 3.63) is 28.4 Å². The van der Waals surface area contributed by atoms with Crippen LogP contribution in [0.5, 0.6) is 0 Å². The fraction of sp³-hybridized carbons (Fsp3) is 0.750. The minimum atomic E-state index is 0.0663. The second-order valence-electron chi connectivity index (χ2n) is 5.98. The molecule has 20 heavy (non-hydrogen) atoms. The van der Waals surface area contributed by atoms with Crippen LogP contribution in [-0.4, -0.2) is 22.1 Å². The summed E-state index contributed by atoms with van der Waals surface area (Å²) in [5.41, 5.74) is 0.860. The molecular weight excluding hydrogens is 250 g/mol. The minimum absolute atomic E-state index is 0.0663. The molecule has 1 N–H and O–H groups in total.